The second kappa shape index (κ2) is 8.19. The summed E-state index contributed by atoms with van der Waals surface area (Å²) in [7, 11) is 1.77. The van der Waals surface area contributed by atoms with E-state index < -0.39 is 0 Å². The first-order valence-electron chi connectivity index (χ1n) is 9.58. The number of nitrogens with zero attached hydrogens (tertiary/aromatic N) is 1. The first kappa shape index (κ1) is 18.7. The highest BCUT2D eigenvalue weighted by atomic mass is 16.5. The van der Waals surface area contributed by atoms with Gasteiger partial charge in [0.2, 0.25) is 5.91 Å². The number of nitrogens with one attached hydrogen (secondary N) is 1. The van der Waals surface area contributed by atoms with Crippen LogP contribution < -0.4 is 15.0 Å². The van der Waals surface area contributed by atoms with E-state index in [-0.39, 0.29) is 11.8 Å². The largest absolute Gasteiger partial charge is 0.489 e. The maximum absolute atomic E-state index is 12.6. The molecule has 3 aromatic carbocycles. The number of carbonyl (C=O) groups is 2. The Kier molecular flexibility index (Phi) is 5.29. The number of benzene rings is 3. The molecule has 1 heterocycles. The van der Waals surface area contributed by atoms with Crippen LogP contribution in [0.15, 0.2) is 72.8 Å². The summed E-state index contributed by atoms with van der Waals surface area (Å²) >= 11 is 0. The van der Waals surface area contributed by atoms with Crippen LogP contribution in [-0.4, -0.2) is 18.9 Å². The number of aryl methyl sites for hydroxylation is 1. The normalized spacial score (nSPS) is 13.0. The molecule has 5 nitrogen and oxygen atoms in total. The summed E-state index contributed by atoms with van der Waals surface area (Å²) in [6.45, 7) is 0.499. The first-order chi connectivity index (χ1) is 14.1. The van der Waals surface area contributed by atoms with Gasteiger partial charge in [-0.3, -0.25) is 9.59 Å². The number of hydrogen-bond acceptors (Lipinski definition) is 3. The van der Waals surface area contributed by atoms with Gasteiger partial charge in [0, 0.05) is 30.4 Å². The molecule has 0 saturated carbocycles. The molecule has 4 rings (SSSR count). The standard InChI is InChI=1S/C24H22N2O3/c1-26-22-13-7-19(15-18(22)8-14-23(26)27)24(28)25-20-9-11-21(12-10-20)29-16-17-5-3-2-4-6-17/h2-7,9-13,15H,8,14,16H2,1H3,(H,25,28). The zero-order valence-electron chi connectivity index (χ0n) is 16.2. The van der Waals surface area contributed by atoms with Crippen LogP contribution in [0.1, 0.15) is 27.9 Å². The Labute approximate surface area is 169 Å². The van der Waals surface area contributed by atoms with Gasteiger partial charge >= 0.3 is 0 Å². The van der Waals surface area contributed by atoms with Crippen LogP contribution in [0.5, 0.6) is 5.75 Å². The van der Waals surface area contributed by atoms with Crippen molar-refractivity contribution in [2.45, 2.75) is 19.4 Å². The molecule has 0 fully saturated rings. The third-order valence-corrected chi connectivity index (χ3v) is 5.05. The molecular formula is C24H22N2O3. The zero-order chi connectivity index (χ0) is 20.2. The maximum atomic E-state index is 12.6. The van der Waals surface area contributed by atoms with Crippen LogP contribution in [0.4, 0.5) is 11.4 Å². The Morgan fingerprint density at radius 2 is 1.76 bits per heavy atom. The molecule has 0 spiro atoms. The van der Waals surface area contributed by atoms with Crippen molar-refractivity contribution in [3.8, 4) is 5.75 Å². The Morgan fingerprint density at radius 1 is 1.00 bits per heavy atom. The second-order valence-electron chi connectivity index (χ2n) is 7.05. The third-order valence-electron chi connectivity index (χ3n) is 5.05. The van der Waals surface area contributed by atoms with Gasteiger partial charge < -0.3 is 15.0 Å². The molecule has 0 bridgehead atoms. The van der Waals surface area contributed by atoms with Crippen LogP contribution in [0.2, 0.25) is 0 Å². The lowest BCUT2D eigenvalue weighted by molar-refractivity contribution is -0.118. The molecule has 0 aliphatic carbocycles. The average Bonchev–Trinajstić information content (AvgIpc) is 2.76. The van der Waals surface area contributed by atoms with E-state index in [0.29, 0.717) is 30.7 Å². The van der Waals surface area contributed by atoms with Crippen molar-refractivity contribution >= 4 is 23.2 Å². The van der Waals surface area contributed by atoms with Crippen molar-refractivity contribution in [3.63, 3.8) is 0 Å². The molecular weight excluding hydrogens is 364 g/mol. The molecule has 29 heavy (non-hydrogen) atoms. The van der Waals surface area contributed by atoms with Gasteiger partial charge in [-0.1, -0.05) is 30.3 Å². The summed E-state index contributed by atoms with van der Waals surface area (Å²) in [6, 6.07) is 22.7. The lowest BCUT2D eigenvalue weighted by Crippen LogP contribution is -2.31. The molecule has 3 aromatic rings. The van der Waals surface area contributed by atoms with E-state index in [0.717, 1.165) is 22.6 Å². The van der Waals surface area contributed by atoms with Crippen molar-refractivity contribution < 1.29 is 14.3 Å². The summed E-state index contributed by atoms with van der Waals surface area (Å²) in [5.74, 6) is 0.669. The van der Waals surface area contributed by atoms with Crippen molar-refractivity contribution in [1.82, 2.24) is 0 Å². The van der Waals surface area contributed by atoms with Crippen LogP contribution in [0.25, 0.3) is 0 Å². The Balaban J connectivity index is 1.39. The molecule has 0 aromatic heterocycles. The average molecular weight is 386 g/mol. The van der Waals surface area contributed by atoms with Gasteiger partial charge in [-0.2, -0.15) is 0 Å². The predicted molar refractivity (Wildman–Crippen MR) is 113 cm³/mol. The van der Waals surface area contributed by atoms with E-state index in [1.54, 1.807) is 18.0 Å². The van der Waals surface area contributed by atoms with Gasteiger partial charge in [0.1, 0.15) is 12.4 Å². The van der Waals surface area contributed by atoms with Gasteiger partial charge in [-0.05, 0) is 60.0 Å². The minimum atomic E-state index is -0.176. The second-order valence-corrected chi connectivity index (χ2v) is 7.05. The molecule has 1 aliphatic heterocycles. The highest BCUT2D eigenvalue weighted by Gasteiger charge is 2.21. The number of carbonyl (C=O) groups excluding carboxylic acids is 2. The molecule has 1 N–H and O–H groups in total. The molecule has 146 valence electrons. The predicted octanol–water partition coefficient (Wildman–Crippen LogP) is 4.43. The summed E-state index contributed by atoms with van der Waals surface area (Å²) in [6.07, 6.45) is 1.13. The van der Waals surface area contributed by atoms with Crippen LogP contribution in [0, 0.1) is 0 Å². The smallest absolute Gasteiger partial charge is 0.255 e. The quantitative estimate of drug-likeness (QED) is 0.706. The van der Waals surface area contributed by atoms with E-state index in [2.05, 4.69) is 5.32 Å². The fourth-order valence-electron chi connectivity index (χ4n) is 3.38. The van der Waals surface area contributed by atoms with E-state index in [1.165, 1.54) is 0 Å². The SMILES string of the molecule is CN1C(=O)CCc2cc(C(=O)Nc3ccc(OCc4ccccc4)cc3)ccc21. The summed E-state index contributed by atoms with van der Waals surface area (Å²) in [5.41, 5.74) is 4.27. The number of amides is 2. The Morgan fingerprint density at radius 3 is 2.52 bits per heavy atom. The zero-order valence-corrected chi connectivity index (χ0v) is 16.2. The lowest BCUT2D eigenvalue weighted by Gasteiger charge is -2.26. The van der Waals surface area contributed by atoms with E-state index in [4.69, 9.17) is 4.74 Å². The molecule has 5 heteroatoms. The van der Waals surface area contributed by atoms with Gasteiger partial charge in [0.25, 0.3) is 5.91 Å². The summed E-state index contributed by atoms with van der Waals surface area (Å²) < 4.78 is 5.77. The highest BCUT2D eigenvalue weighted by molar-refractivity contribution is 6.05. The number of hydrogen-bond donors (Lipinski definition) is 1. The minimum Gasteiger partial charge on any atom is -0.489 e. The number of anilines is 2. The van der Waals surface area contributed by atoms with Crippen molar-refractivity contribution in [1.29, 1.82) is 0 Å². The van der Waals surface area contributed by atoms with Gasteiger partial charge in [0.15, 0.2) is 0 Å². The van der Waals surface area contributed by atoms with Crippen molar-refractivity contribution in [3.05, 3.63) is 89.5 Å². The van der Waals surface area contributed by atoms with Crippen molar-refractivity contribution in [2.75, 3.05) is 17.3 Å². The highest BCUT2D eigenvalue weighted by Crippen LogP contribution is 2.28. The van der Waals surface area contributed by atoms with E-state index >= 15 is 0 Å². The van der Waals surface area contributed by atoms with E-state index in [9.17, 15) is 9.59 Å². The fraction of sp³-hybridized carbons (Fsp3) is 0.167. The van der Waals surface area contributed by atoms with Crippen LogP contribution in [-0.2, 0) is 17.8 Å². The van der Waals surface area contributed by atoms with Gasteiger partial charge in [-0.25, -0.2) is 0 Å². The lowest BCUT2D eigenvalue weighted by atomic mass is 9.99. The van der Waals surface area contributed by atoms with Gasteiger partial charge in [-0.15, -0.1) is 0 Å². The topological polar surface area (TPSA) is 58.6 Å². The number of rotatable bonds is 5. The third kappa shape index (κ3) is 4.29. The monoisotopic (exact) mass is 386 g/mol. The summed E-state index contributed by atoms with van der Waals surface area (Å²) in [4.78, 5) is 26.1. The first-order valence-corrected chi connectivity index (χ1v) is 9.58. The van der Waals surface area contributed by atoms with Crippen LogP contribution in [0.3, 0.4) is 0 Å². The minimum absolute atomic E-state index is 0.101. The van der Waals surface area contributed by atoms with Gasteiger partial charge in [0.05, 0.1) is 0 Å². The molecule has 0 unspecified atom stereocenters. The van der Waals surface area contributed by atoms with E-state index in [1.807, 2.05) is 66.7 Å². The number of ether oxygens (including phenoxy) is 1. The molecule has 0 atom stereocenters. The summed E-state index contributed by atoms with van der Waals surface area (Å²) in [5, 5.41) is 2.91. The molecule has 1 aliphatic rings. The fourth-order valence-corrected chi connectivity index (χ4v) is 3.38. The molecule has 0 saturated heterocycles. The Hall–Kier alpha value is -3.60. The Bertz CT molecular complexity index is 1030. The maximum Gasteiger partial charge on any atom is 0.255 e. The number of fused-ring (bicyclic) bond motifs is 1. The van der Waals surface area contributed by atoms with Crippen molar-refractivity contribution in [2.24, 2.45) is 0 Å². The molecule has 2 amide bonds. The molecule has 0 radical (unpaired) electrons. The van der Waals surface area contributed by atoms with Crippen LogP contribution >= 0.6 is 0 Å².